The third kappa shape index (κ3) is 9.08. The van der Waals surface area contributed by atoms with Crippen molar-refractivity contribution < 1.29 is 46.5 Å². The summed E-state index contributed by atoms with van der Waals surface area (Å²) in [7, 11) is 1.19. The van der Waals surface area contributed by atoms with Crippen LogP contribution in [0.25, 0.3) is 11.1 Å². The number of nitrogens with zero attached hydrogens (tertiary/aromatic N) is 3. The molecule has 0 aliphatic carbocycles. The van der Waals surface area contributed by atoms with E-state index in [1.54, 1.807) is 35.2 Å². The fourth-order valence-corrected chi connectivity index (χ4v) is 6.03. The van der Waals surface area contributed by atoms with Crippen LogP contribution in [0.15, 0.2) is 76.3 Å². The van der Waals surface area contributed by atoms with E-state index in [4.69, 9.17) is 4.74 Å². The molecule has 51 heavy (non-hydrogen) atoms. The second-order valence-electron chi connectivity index (χ2n) is 11.8. The first-order valence-electron chi connectivity index (χ1n) is 15.9. The second kappa shape index (κ2) is 16.6. The predicted molar refractivity (Wildman–Crippen MR) is 177 cm³/mol. The fourth-order valence-electron chi connectivity index (χ4n) is 6.03. The van der Waals surface area contributed by atoms with Gasteiger partial charge in [0.15, 0.2) is 11.6 Å². The van der Waals surface area contributed by atoms with Crippen LogP contribution in [-0.2, 0) is 28.9 Å². The maximum atomic E-state index is 15.8. The lowest BCUT2D eigenvalue weighted by Crippen LogP contribution is -2.46. The SMILES string of the molecule is COc1cccc(-c2c(C)n(Cc3c(F)cccc3C(F)(F)F)c(=O)n(CC(c3ccccc3)N(CCCC(=O)O)CCCC(=O)O)c2=O)c1F. The molecule has 0 radical (unpaired) electrons. The van der Waals surface area contributed by atoms with Crippen molar-refractivity contribution in [2.75, 3.05) is 20.2 Å². The van der Waals surface area contributed by atoms with Crippen molar-refractivity contribution in [1.29, 1.82) is 0 Å². The lowest BCUT2D eigenvalue weighted by atomic mass is 10.0. The minimum absolute atomic E-state index is 0.0990. The first-order chi connectivity index (χ1) is 24.1. The van der Waals surface area contributed by atoms with E-state index in [1.807, 2.05) is 0 Å². The first kappa shape index (κ1) is 38.5. The number of hydrogen-bond donors (Lipinski definition) is 2. The topological polar surface area (TPSA) is 131 Å². The van der Waals surface area contributed by atoms with Crippen molar-refractivity contribution in [1.82, 2.24) is 14.0 Å². The van der Waals surface area contributed by atoms with Crippen LogP contribution in [0.4, 0.5) is 22.0 Å². The molecule has 0 amide bonds. The van der Waals surface area contributed by atoms with Gasteiger partial charge in [0.2, 0.25) is 0 Å². The number of carbonyl (C=O) groups is 2. The van der Waals surface area contributed by atoms with Gasteiger partial charge in [-0.05, 0) is 56.6 Å². The van der Waals surface area contributed by atoms with Crippen LogP contribution in [0.5, 0.6) is 5.75 Å². The first-order valence-corrected chi connectivity index (χ1v) is 15.9. The Balaban J connectivity index is 2.00. The van der Waals surface area contributed by atoms with Gasteiger partial charge in [-0.15, -0.1) is 0 Å². The van der Waals surface area contributed by atoms with Gasteiger partial charge in [0.1, 0.15) is 5.82 Å². The summed E-state index contributed by atoms with van der Waals surface area (Å²) < 4.78 is 79.7. The molecule has 0 spiro atoms. The number of rotatable bonds is 16. The van der Waals surface area contributed by atoms with Gasteiger partial charge in [-0.25, -0.2) is 13.6 Å². The Bertz CT molecular complexity index is 1970. The quantitative estimate of drug-likeness (QED) is 0.133. The fraction of sp³-hybridized carbons (Fsp3) is 0.333. The van der Waals surface area contributed by atoms with Crippen molar-refractivity contribution in [2.45, 2.75) is 57.9 Å². The molecule has 272 valence electrons. The molecule has 4 rings (SSSR count). The van der Waals surface area contributed by atoms with E-state index < -0.39 is 71.3 Å². The molecule has 1 aromatic heterocycles. The van der Waals surface area contributed by atoms with Crippen LogP contribution in [0, 0.1) is 18.6 Å². The Morgan fingerprint density at radius 1 is 0.863 bits per heavy atom. The van der Waals surface area contributed by atoms with E-state index in [0.717, 1.165) is 21.3 Å². The predicted octanol–water partition coefficient (Wildman–Crippen LogP) is 6.11. The molecule has 1 unspecified atom stereocenters. The summed E-state index contributed by atoms with van der Waals surface area (Å²) in [6, 6.07) is 13.8. The summed E-state index contributed by atoms with van der Waals surface area (Å²) in [5, 5.41) is 18.6. The van der Waals surface area contributed by atoms with Gasteiger partial charge in [0, 0.05) is 29.7 Å². The number of halogens is 5. The summed E-state index contributed by atoms with van der Waals surface area (Å²) in [6.45, 7) is 0.00397. The highest BCUT2D eigenvalue weighted by atomic mass is 19.4. The number of carboxylic acid groups (broad SMARTS) is 2. The van der Waals surface area contributed by atoms with Crippen LogP contribution >= 0.6 is 0 Å². The van der Waals surface area contributed by atoms with Crippen LogP contribution in [0.3, 0.4) is 0 Å². The van der Waals surface area contributed by atoms with Gasteiger partial charge in [-0.3, -0.25) is 28.4 Å². The number of alkyl halides is 3. The van der Waals surface area contributed by atoms with Crippen molar-refractivity contribution in [3.05, 3.63) is 122 Å². The molecular formula is C36H36F5N3O7. The van der Waals surface area contributed by atoms with E-state index >= 15 is 8.78 Å². The summed E-state index contributed by atoms with van der Waals surface area (Å²) in [4.78, 5) is 53.1. The summed E-state index contributed by atoms with van der Waals surface area (Å²) in [6.07, 6.45) is -5.25. The average Bonchev–Trinajstić information content (AvgIpc) is 3.07. The average molecular weight is 718 g/mol. The summed E-state index contributed by atoms with van der Waals surface area (Å²) in [5.41, 5.74) is -4.72. The van der Waals surface area contributed by atoms with Gasteiger partial charge in [-0.2, -0.15) is 13.2 Å². The number of aliphatic carboxylic acids is 2. The maximum Gasteiger partial charge on any atom is 0.416 e. The number of aromatic nitrogens is 2. The largest absolute Gasteiger partial charge is 0.494 e. The molecule has 15 heteroatoms. The molecule has 1 atom stereocenters. The minimum Gasteiger partial charge on any atom is -0.494 e. The number of hydrogen-bond acceptors (Lipinski definition) is 6. The lowest BCUT2D eigenvalue weighted by molar-refractivity contribution is -0.139. The Morgan fingerprint density at radius 2 is 1.47 bits per heavy atom. The number of ether oxygens (including phenoxy) is 1. The van der Waals surface area contributed by atoms with Gasteiger partial charge < -0.3 is 14.9 Å². The highest BCUT2D eigenvalue weighted by Crippen LogP contribution is 2.34. The molecule has 1 heterocycles. The third-order valence-corrected chi connectivity index (χ3v) is 8.53. The maximum absolute atomic E-state index is 15.8. The van der Waals surface area contributed by atoms with Gasteiger partial charge in [0.05, 0.1) is 37.4 Å². The summed E-state index contributed by atoms with van der Waals surface area (Å²) >= 11 is 0. The molecule has 0 saturated carbocycles. The Labute approximate surface area is 289 Å². The van der Waals surface area contributed by atoms with Gasteiger partial charge in [0.25, 0.3) is 5.56 Å². The van der Waals surface area contributed by atoms with E-state index in [-0.39, 0.29) is 61.3 Å². The molecule has 2 N–H and O–H groups in total. The molecule has 0 bridgehead atoms. The van der Waals surface area contributed by atoms with Crippen molar-refractivity contribution >= 4 is 11.9 Å². The molecule has 0 saturated heterocycles. The third-order valence-electron chi connectivity index (χ3n) is 8.53. The van der Waals surface area contributed by atoms with Crippen molar-refractivity contribution in [2.24, 2.45) is 0 Å². The zero-order chi connectivity index (χ0) is 37.5. The second-order valence-corrected chi connectivity index (χ2v) is 11.8. The molecule has 4 aromatic rings. The Morgan fingerprint density at radius 3 is 2.04 bits per heavy atom. The van der Waals surface area contributed by atoms with E-state index in [9.17, 15) is 42.6 Å². The molecule has 10 nitrogen and oxygen atoms in total. The van der Waals surface area contributed by atoms with Gasteiger partial charge >= 0.3 is 23.8 Å². The molecule has 3 aromatic carbocycles. The lowest BCUT2D eigenvalue weighted by Gasteiger charge is -2.33. The minimum atomic E-state index is -5.00. The smallest absolute Gasteiger partial charge is 0.416 e. The molecular weight excluding hydrogens is 681 g/mol. The number of methoxy groups -OCH3 is 1. The van der Waals surface area contributed by atoms with Crippen LogP contribution in [0.1, 0.15) is 54.1 Å². The Kier molecular flexibility index (Phi) is 12.5. The highest BCUT2D eigenvalue weighted by molar-refractivity contribution is 5.68. The van der Waals surface area contributed by atoms with Crippen LogP contribution in [0.2, 0.25) is 0 Å². The molecule has 0 aliphatic rings. The molecule has 0 aliphatic heterocycles. The van der Waals surface area contributed by atoms with Gasteiger partial charge in [-0.1, -0.05) is 48.5 Å². The molecule has 0 fully saturated rings. The zero-order valence-electron chi connectivity index (χ0n) is 27.8. The van der Waals surface area contributed by atoms with Crippen molar-refractivity contribution in [3.8, 4) is 16.9 Å². The monoisotopic (exact) mass is 717 g/mol. The number of carboxylic acids is 2. The van der Waals surface area contributed by atoms with E-state index in [0.29, 0.717) is 11.6 Å². The normalized spacial score (nSPS) is 12.2. The van der Waals surface area contributed by atoms with E-state index in [2.05, 4.69) is 0 Å². The summed E-state index contributed by atoms with van der Waals surface area (Å²) in [5.74, 6) is -4.65. The van der Waals surface area contributed by atoms with E-state index in [1.165, 1.54) is 32.2 Å². The highest BCUT2D eigenvalue weighted by Gasteiger charge is 2.35. The zero-order valence-corrected chi connectivity index (χ0v) is 27.8. The van der Waals surface area contributed by atoms with Crippen LogP contribution < -0.4 is 16.0 Å². The number of benzene rings is 3. The van der Waals surface area contributed by atoms with Crippen molar-refractivity contribution in [3.63, 3.8) is 0 Å². The Hall–Kier alpha value is -5.31. The van der Waals surface area contributed by atoms with Crippen LogP contribution in [-0.4, -0.2) is 56.4 Å². The standard InChI is InChI=1S/C36H36F5N3O7/c1-22-32(24-12-6-15-29(51-2)33(24)38)34(49)44(35(50)43(22)20-25-26(36(39,40)41)13-7-14-27(25)37)21-28(23-10-4-3-5-11-23)42(18-8-16-30(45)46)19-9-17-31(47)48/h3-7,10-15,28H,8-9,16-21H2,1-2H3,(H,45,46)(H,47,48).